The number of allylic oxidation sites excluding steroid dienone is 1. The van der Waals surface area contributed by atoms with E-state index < -0.39 is 30.2 Å². The van der Waals surface area contributed by atoms with Gasteiger partial charge in [0.15, 0.2) is 4.77 Å². The van der Waals surface area contributed by atoms with Crippen LogP contribution in [0, 0.1) is 4.77 Å². The fourth-order valence-corrected chi connectivity index (χ4v) is 2.60. The number of hydrogen-bond donors (Lipinski definition) is 4. The van der Waals surface area contributed by atoms with Crippen molar-refractivity contribution in [3.05, 3.63) is 39.1 Å². The van der Waals surface area contributed by atoms with E-state index >= 15 is 0 Å². The van der Waals surface area contributed by atoms with Crippen LogP contribution in [0.25, 0.3) is 6.08 Å². The first-order valence-electron chi connectivity index (χ1n) is 7.24. The molecule has 0 bridgehead atoms. The highest BCUT2D eigenvalue weighted by Crippen LogP contribution is 2.34. The summed E-state index contributed by atoms with van der Waals surface area (Å²) < 4.78 is 12.4. The molecule has 1 unspecified atom stereocenters. The molecule has 4 N–H and O–H groups in total. The van der Waals surface area contributed by atoms with E-state index in [1.807, 2.05) is 0 Å². The van der Waals surface area contributed by atoms with Crippen molar-refractivity contribution in [2.75, 3.05) is 6.61 Å². The number of aromatic amines is 1. The molecule has 1 aliphatic heterocycles. The fourth-order valence-electron chi connectivity index (χ4n) is 2.35. The molecule has 0 radical (unpaired) electrons. The van der Waals surface area contributed by atoms with Gasteiger partial charge in [0, 0.05) is 20.4 Å². The van der Waals surface area contributed by atoms with E-state index in [0.29, 0.717) is 0 Å². The van der Waals surface area contributed by atoms with Gasteiger partial charge in [0.2, 0.25) is 11.7 Å². The number of aliphatic hydroxyl groups is 2. The topological polar surface area (TPSA) is 117 Å². The maximum Gasteiger partial charge on any atom is 0.262 e. The largest absolute Gasteiger partial charge is 0.494 e. The van der Waals surface area contributed by atoms with Gasteiger partial charge in [-0.1, -0.05) is 6.08 Å². The Hall–Kier alpha value is -1.94. The first-order valence-corrected chi connectivity index (χ1v) is 7.65. The molecule has 132 valence electrons. The van der Waals surface area contributed by atoms with Gasteiger partial charge in [0.1, 0.15) is 23.5 Å². The number of aliphatic hydroxyl groups excluding tert-OH is 2. The maximum atomic E-state index is 12.1. The Labute approximate surface area is 143 Å². The number of aromatic hydroxyl groups is 1. The molecule has 0 aromatic carbocycles. The van der Waals surface area contributed by atoms with E-state index in [4.69, 9.17) is 26.8 Å². The molecule has 1 saturated heterocycles. The Morgan fingerprint density at radius 1 is 1.54 bits per heavy atom. The Balaban J connectivity index is 2.57. The van der Waals surface area contributed by atoms with Crippen LogP contribution in [0.1, 0.15) is 19.4 Å². The summed E-state index contributed by atoms with van der Waals surface area (Å²) in [6.45, 7) is 6.46. The van der Waals surface area contributed by atoms with Crippen molar-refractivity contribution >= 4 is 18.3 Å². The molecule has 8 nitrogen and oxygen atoms in total. The lowest BCUT2D eigenvalue weighted by atomic mass is 10.1. The third-order valence-electron chi connectivity index (χ3n) is 3.40. The van der Waals surface area contributed by atoms with Crippen molar-refractivity contribution in [3.8, 4) is 5.88 Å². The van der Waals surface area contributed by atoms with Gasteiger partial charge in [-0.3, -0.25) is 14.3 Å². The molecule has 1 aromatic rings. The molecule has 1 fully saturated rings. The van der Waals surface area contributed by atoms with Crippen molar-refractivity contribution in [1.82, 2.24) is 9.55 Å². The Bertz CT molecular complexity index is 779. The molecule has 24 heavy (non-hydrogen) atoms. The molecule has 2 rings (SSSR count). The Morgan fingerprint density at radius 3 is 2.79 bits per heavy atom. The number of H-pyrrole nitrogens is 1. The summed E-state index contributed by atoms with van der Waals surface area (Å²) in [4.78, 5) is 14.6. The molecular weight excluding hydrogens is 336 g/mol. The molecule has 0 saturated carbocycles. The lowest BCUT2D eigenvalue weighted by Gasteiger charge is -2.17. The van der Waals surface area contributed by atoms with Gasteiger partial charge in [-0.2, -0.15) is 0 Å². The number of nitrogens with zero attached hydrogens (tertiary/aromatic N) is 1. The first-order chi connectivity index (χ1) is 11.2. The lowest BCUT2D eigenvalue weighted by molar-refractivity contribution is -0.151. The van der Waals surface area contributed by atoms with Crippen LogP contribution < -0.4 is 5.56 Å². The summed E-state index contributed by atoms with van der Waals surface area (Å²) in [7, 11) is 0. The van der Waals surface area contributed by atoms with Crippen LogP contribution in [0.3, 0.4) is 0 Å². The molecule has 1 aliphatic rings. The van der Waals surface area contributed by atoms with Crippen LogP contribution in [-0.2, 0) is 16.0 Å². The SMILES string of the molecule is C=CCn1c(O)c(C=C2OC(C)(C)O[C@@H]2C(O)CO)c(=O)[nH]c1=S. The summed E-state index contributed by atoms with van der Waals surface area (Å²) in [5.74, 6) is -1.30. The van der Waals surface area contributed by atoms with E-state index in [9.17, 15) is 15.0 Å². The highest BCUT2D eigenvalue weighted by Gasteiger charge is 2.41. The standard InChI is InChI=1S/C15H20N2O6S/c1-4-5-17-13(21)8(12(20)16-14(17)24)6-10-11(9(19)7-18)23-15(2,3)22-10/h4,6,9,11,18-19,21H,1,5,7H2,2-3H3,(H,16,20,24)/t9?,11-/m1/s1. The van der Waals surface area contributed by atoms with E-state index in [1.165, 1.54) is 16.7 Å². The smallest absolute Gasteiger partial charge is 0.262 e. The second-order valence-corrected chi connectivity index (χ2v) is 6.12. The second kappa shape index (κ2) is 6.89. The van der Waals surface area contributed by atoms with Gasteiger partial charge in [0.25, 0.3) is 5.56 Å². The van der Waals surface area contributed by atoms with E-state index in [2.05, 4.69) is 11.6 Å². The number of hydrogen-bond acceptors (Lipinski definition) is 7. The molecule has 0 aliphatic carbocycles. The molecule has 0 spiro atoms. The molecule has 2 heterocycles. The van der Waals surface area contributed by atoms with Gasteiger partial charge in [-0.15, -0.1) is 6.58 Å². The van der Waals surface area contributed by atoms with E-state index in [1.54, 1.807) is 13.8 Å². The highest BCUT2D eigenvalue weighted by atomic mass is 32.1. The average Bonchev–Trinajstić information content (AvgIpc) is 2.81. The van der Waals surface area contributed by atoms with Gasteiger partial charge < -0.3 is 24.8 Å². The molecule has 1 aromatic heterocycles. The normalized spacial score (nSPS) is 22.3. The predicted molar refractivity (Wildman–Crippen MR) is 88.9 cm³/mol. The number of ether oxygens (including phenoxy) is 2. The van der Waals surface area contributed by atoms with Crippen molar-refractivity contribution in [2.45, 2.75) is 38.4 Å². The monoisotopic (exact) mass is 356 g/mol. The van der Waals surface area contributed by atoms with Crippen molar-refractivity contribution in [1.29, 1.82) is 0 Å². The minimum Gasteiger partial charge on any atom is -0.494 e. The third-order valence-corrected chi connectivity index (χ3v) is 3.72. The summed E-state index contributed by atoms with van der Waals surface area (Å²) in [6.07, 6.45) is 0.569. The zero-order chi connectivity index (χ0) is 18.1. The van der Waals surface area contributed by atoms with Crippen LogP contribution in [0.4, 0.5) is 0 Å². The zero-order valence-electron chi connectivity index (χ0n) is 13.4. The lowest BCUT2D eigenvalue weighted by Crippen LogP contribution is -2.32. The third kappa shape index (κ3) is 3.59. The van der Waals surface area contributed by atoms with Crippen LogP contribution in [-0.4, -0.2) is 49.5 Å². The average molecular weight is 356 g/mol. The molecule has 2 atom stereocenters. The number of aromatic nitrogens is 2. The van der Waals surface area contributed by atoms with Crippen molar-refractivity contribution in [3.63, 3.8) is 0 Å². The molecule has 0 amide bonds. The van der Waals surface area contributed by atoms with Gasteiger partial charge in [-0.05, 0) is 18.3 Å². The molecular formula is C15H20N2O6S. The van der Waals surface area contributed by atoms with Gasteiger partial charge in [-0.25, -0.2) is 0 Å². The quantitative estimate of drug-likeness (QED) is 0.452. The number of rotatable bonds is 5. The van der Waals surface area contributed by atoms with E-state index in [-0.39, 0.29) is 28.5 Å². The summed E-state index contributed by atoms with van der Waals surface area (Å²) in [6, 6.07) is 0. The van der Waals surface area contributed by atoms with E-state index in [0.717, 1.165) is 0 Å². The van der Waals surface area contributed by atoms with Crippen molar-refractivity contribution < 1.29 is 24.8 Å². The summed E-state index contributed by atoms with van der Waals surface area (Å²) in [5.41, 5.74) is -0.715. The van der Waals surface area contributed by atoms with Crippen LogP contribution >= 0.6 is 12.2 Å². The first kappa shape index (κ1) is 18.4. The Kier molecular flexibility index (Phi) is 5.29. The van der Waals surface area contributed by atoms with Gasteiger partial charge >= 0.3 is 0 Å². The predicted octanol–water partition coefficient (Wildman–Crippen LogP) is 0.643. The zero-order valence-corrected chi connectivity index (χ0v) is 14.2. The number of nitrogens with one attached hydrogen (secondary N) is 1. The maximum absolute atomic E-state index is 12.1. The summed E-state index contributed by atoms with van der Waals surface area (Å²) >= 11 is 5.00. The minimum atomic E-state index is -1.24. The van der Waals surface area contributed by atoms with Crippen LogP contribution in [0.15, 0.2) is 23.2 Å². The fraction of sp³-hybridized carbons (Fsp3) is 0.467. The summed E-state index contributed by atoms with van der Waals surface area (Å²) in [5, 5.41) is 29.4. The molecule has 9 heteroatoms. The second-order valence-electron chi connectivity index (χ2n) is 5.73. The van der Waals surface area contributed by atoms with Crippen LogP contribution in [0.5, 0.6) is 5.88 Å². The van der Waals surface area contributed by atoms with Crippen molar-refractivity contribution in [2.24, 2.45) is 0 Å². The van der Waals surface area contributed by atoms with Crippen LogP contribution in [0.2, 0.25) is 0 Å². The highest BCUT2D eigenvalue weighted by molar-refractivity contribution is 7.71. The van der Waals surface area contributed by atoms with Gasteiger partial charge in [0.05, 0.1) is 6.61 Å². The Morgan fingerprint density at radius 2 is 2.21 bits per heavy atom. The minimum absolute atomic E-state index is 0.0513.